The van der Waals surface area contributed by atoms with Gasteiger partial charge in [-0.2, -0.15) is 0 Å². The monoisotopic (exact) mass is 230 g/mol. The summed E-state index contributed by atoms with van der Waals surface area (Å²) in [6, 6.07) is 5.06. The van der Waals surface area contributed by atoms with Crippen LogP contribution in [0.3, 0.4) is 0 Å². The van der Waals surface area contributed by atoms with Crippen molar-refractivity contribution in [1.29, 1.82) is 0 Å². The third-order valence-electron chi connectivity index (χ3n) is 3.32. The average molecular weight is 230 g/mol. The maximum Gasteiger partial charge on any atom is 0.0946 e. The van der Waals surface area contributed by atoms with Crippen LogP contribution in [0.1, 0.15) is 24.2 Å². The van der Waals surface area contributed by atoms with Crippen LogP contribution >= 0.6 is 0 Å². The van der Waals surface area contributed by atoms with Gasteiger partial charge >= 0.3 is 0 Å². The molecule has 90 valence electrons. The van der Waals surface area contributed by atoms with E-state index in [1.165, 1.54) is 24.2 Å². The number of aromatic nitrogens is 3. The molecule has 1 aliphatic carbocycles. The molecule has 2 aromatic heterocycles. The first-order chi connectivity index (χ1) is 8.33. The van der Waals surface area contributed by atoms with Crippen molar-refractivity contribution in [2.24, 2.45) is 7.05 Å². The summed E-state index contributed by atoms with van der Waals surface area (Å²) in [5, 5.41) is 3.55. The molecule has 4 heteroatoms. The molecule has 0 atom stereocenters. The Bertz CT molecular complexity index is 493. The Morgan fingerprint density at radius 2 is 2.29 bits per heavy atom. The summed E-state index contributed by atoms with van der Waals surface area (Å²) in [7, 11) is 2.04. The molecule has 3 rings (SSSR count). The van der Waals surface area contributed by atoms with E-state index < -0.39 is 0 Å². The van der Waals surface area contributed by atoms with Gasteiger partial charge in [0, 0.05) is 37.7 Å². The molecule has 1 aliphatic rings. The van der Waals surface area contributed by atoms with E-state index in [0.29, 0.717) is 0 Å². The molecule has 1 saturated carbocycles. The molecule has 0 spiro atoms. The number of imidazole rings is 1. The van der Waals surface area contributed by atoms with Crippen molar-refractivity contribution in [3.05, 3.63) is 42.2 Å². The van der Waals surface area contributed by atoms with Crippen LogP contribution in [-0.4, -0.2) is 20.2 Å². The maximum atomic E-state index is 4.15. The van der Waals surface area contributed by atoms with Crippen molar-refractivity contribution < 1.29 is 0 Å². The van der Waals surface area contributed by atoms with Crippen molar-refractivity contribution in [3.63, 3.8) is 0 Å². The molecule has 0 aromatic carbocycles. The van der Waals surface area contributed by atoms with E-state index in [0.717, 1.165) is 19.1 Å². The van der Waals surface area contributed by atoms with Crippen molar-refractivity contribution in [2.45, 2.75) is 32.0 Å². The van der Waals surface area contributed by atoms with Gasteiger partial charge in [-0.1, -0.05) is 0 Å². The Labute approximate surface area is 101 Å². The average Bonchev–Trinajstić information content (AvgIpc) is 2.92. The number of hydrogen-bond acceptors (Lipinski definition) is 2. The zero-order valence-corrected chi connectivity index (χ0v) is 10.1. The Hall–Kier alpha value is -1.55. The molecule has 0 bridgehead atoms. The molecular weight excluding hydrogens is 212 g/mol. The second-order valence-electron chi connectivity index (χ2n) is 4.78. The first kappa shape index (κ1) is 10.6. The summed E-state index contributed by atoms with van der Waals surface area (Å²) >= 11 is 0. The summed E-state index contributed by atoms with van der Waals surface area (Å²) in [5.74, 6) is 0. The molecule has 4 nitrogen and oxygen atoms in total. The van der Waals surface area contributed by atoms with Crippen molar-refractivity contribution in [1.82, 2.24) is 19.4 Å². The Kier molecular flexibility index (Phi) is 2.73. The summed E-state index contributed by atoms with van der Waals surface area (Å²) in [5.41, 5.74) is 2.58. The van der Waals surface area contributed by atoms with Gasteiger partial charge in [-0.25, -0.2) is 4.98 Å². The predicted octanol–water partition coefficient (Wildman–Crippen LogP) is 1.52. The number of aryl methyl sites for hydroxylation is 1. The third-order valence-corrected chi connectivity index (χ3v) is 3.32. The lowest BCUT2D eigenvalue weighted by atomic mass is 10.4. The number of rotatable bonds is 5. The SMILES string of the molecule is Cn1cncc1Cn1cccc1CNC1CC1. The van der Waals surface area contributed by atoms with E-state index in [9.17, 15) is 0 Å². The molecule has 0 saturated heterocycles. The van der Waals surface area contributed by atoms with E-state index in [1.54, 1.807) is 0 Å². The third kappa shape index (κ3) is 2.42. The number of hydrogen-bond donors (Lipinski definition) is 1. The van der Waals surface area contributed by atoms with Gasteiger partial charge in [0.15, 0.2) is 0 Å². The minimum absolute atomic E-state index is 0.759. The minimum atomic E-state index is 0.759. The van der Waals surface area contributed by atoms with Crippen molar-refractivity contribution in [3.8, 4) is 0 Å². The fraction of sp³-hybridized carbons (Fsp3) is 0.462. The molecule has 0 unspecified atom stereocenters. The van der Waals surface area contributed by atoms with Crippen LogP contribution in [-0.2, 0) is 20.1 Å². The number of nitrogens with zero attached hydrogens (tertiary/aromatic N) is 3. The van der Waals surface area contributed by atoms with Gasteiger partial charge in [-0.3, -0.25) is 0 Å². The Morgan fingerprint density at radius 3 is 3.00 bits per heavy atom. The van der Waals surface area contributed by atoms with Gasteiger partial charge in [0.25, 0.3) is 0 Å². The highest BCUT2D eigenvalue weighted by atomic mass is 15.1. The van der Waals surface area contributed by atoms with Crippen molar-refractivity contribution >= 4 is 0 Å². The van der Waals surface area contributed by atoms with Crippen LogP contribution in [0.5, 0.6) is 0 Å². The summed E-state index contributed by atoms with van der Waals surface area (Å²) in [6.45, 7) is 1.86. The smallest absolute Gasteiger partial charge is 0.0946 e. The van der Waals surface area contributed by atoms with Gasteiger partial charge in [0.2, 0.25) is 0 Å². The minimum Gasteiger partial charge on any atom is -0.344 e. The highest BCUT2D eigenvalue weighted by molar-refractivity contribution is 5.11. The molecule has 0 amide bonds. The lowest BCUT2D eigenvalue weighted by Gasteiger charge is -2.10. The fourth-order valence-electron chi connectivity index (χ4n) is 2.01. The van der Waals surface area contributed by atoms with Crippen LogP contribution in [0.25, 0.3) is 0 Å². The highest BCUT2D eigenvalue weighted by Gasteiger charge is 2.20. The molecule has 0 radical (unpaired) electrons. The Morgan fingerprint density at radius 1 is 1.41 bits per heavy atom. The predicted molar refractivity (Wildman–Crippen MR) is 66.6 cm³/mol. The van der Waals surface area contributed by atoms with Gasteiger partial charge < -0.3 is 14.5 Å². The molecule has 1 fully saturated rings. The molecule has 2 aromatic rings. The molecule has 2 heterocycles. The lowest BCUT2D eigenvalue weighted by molar-refractivity contribution is 0.623. The summed E-state index contributed by atoms with van der Waals surface area (Å²) in [6.07, 6.45) is 8.58. The van der Waals surface area contributed by atoms with E-state index >= 15 is 0 Å². The van der Waals surface area contributed by atoms with Crippen LogP contribution in [0.4, 0.5) is 0 Å². The molecule has 1 N–H and O–H groups in total. The maximum absolute atomic E-state index is 4.15. The first-order valence-electron chi connectivity index (χ1n) is 6.15. The second kappa shape index (κ2) is 4.37. The quantitative estimate of drug-likeness (QED) is 0.845. The Balaban J connectivity index is 1.69. The van der Waals surface area contributed by atoms with Crippen LogP contribution in [0.15, 0.2) is 30.9 Å². The summed E-state index contributed by atoms with van der Waals surface area (Å²) in [4.78, 5) is 4.15. The fourth-order valence-corrected chi connectivity index (χ4v) is 2.01. The zero-order valence-electron chi connectivity index (χ0n) is 10.1. The molecule has 17 heavy (non-hydrogen) atoms. The van der Waals surface area contributed by atoms with E-state index in [-0.39, 0.29) is 0 Å². The molecule has 0 aliphatic heterocycles. The van der Waals surface area contributed by atoms with Gasteiger partial charge in [-0.05, 0) is 25.0 Å². The van der Waals surface area contributed by atoms with E-state index in [4.69, 9.17) is 0 Å². The van der Waals surface area contributed by atoms with E-state index in [2.05, 4.69) is 37.8 Å². The van der Waals surface area contributed by atoms with Crippen LogP contribution in [0, 0.1) is 0 Å². The summed E-state index contributed by atoms with van der Waals surface area (Å²) < 4.78 is 4.35. The van der Waals surface area contributed by atoms with Gasteiger partial charge in [0.1, 0.15) is 0 Å². The first-order valence-corrected chi connectivity index (χ1v) is 6.15. The second-order valence-corrected chi connectivity index (χ2v) is 4.78. The standard InChI is InChI=1S/C13H18N4/c1-16-10-14-7-13(16)9-17-6-2-3-12(17)8-15-11-4-5-11/h2-3,6-7,10-11,15H,4-5,8-9H2,1H3. The zero-order chi connectivity index (χ0) is 11.7. The topological polar surface area (TPSA) is 34.8 Å². The van der Waals surface area contributed by atoms with Gasteiger partial charge in [-0.15, -0.1) is 0 Å². The van der Waals surface area contributed by atoms with Gasteiger partial charge in [0.05, 0.1) is 18.6 Å². The van der Waals surface area contributed by atoms with Crippen LogP contribution < -0.4 is 5.32 Å². The normalized spacial score (nSPS) is 15.4. The van der Waals surface area contributed by atoms with Crippen molar-refractivity contribution in [2.75, 3.05) is 0 Å². The number of nitrogens with one attached hydrogen (secondary N) is 1. The molecular formula is C13H18N4. The van der Waals surface area contributed by atoms with Crippen LogP contribution in [0.2, 0.25) is 0 Å². The lowest BCUT2D eigenvalue weighted by Crippen LogP contribution is -2.18. The largest absolute Gasteiger partial charge is 0.344 e. The highest BCUT2D eigenvalue weighted by Crippen LogP contribution is 2.19. The van der Waals surface area contributed by atoms with E-state index in [1.807, 2.05) is 19.6 Å².